The maximum Gasteiger partial charge on any atom is 0.338 e. The van der Waals surface area contributed by atoms with Gasteiger partial charge in [-0.05, 0) is 24.3 Å². The Kier molecular flexibility index (Phi) is 6.55. The average Bonchev–Trinajstić information content (AvgIpc) is 2.42. The summed E-state index contributed by atoms with van der Waals surface area (Å²) in [6, 6.07) is 6.68. The molecule has 1 aromatic rings. The number of methoxy groups -OCH3 is 1. The molecule has 18 heavy (non-hydrogen) atoms. The highest BCUT2D eigenvalue weighted by atomic mass is 16.6. The van der Waals surface area contributed by atoms with Crippen molar-refractivity contribution in [3.63, 3.8) is 0 Å². The summed E-state index contributed by atoms with van der Waals surface area (Å²) in [5, 5.41) is 0. The molecule has 0 atom stereocenters. The van der Waals surface area contributed by atoms with Gasteiger partial charge in [-0.15, -0.1) is 6.42 Å². The van der Waals surface area contributed by atoms with Gasteiger partial charge in [-0.25, -0.2) is 4.79 Å². The number of esters is 1. The fourth-order valence-electron chi connectivity index (χ4n) is 1.22. The fourth-order valence-corrected chi connectivity index (χ4v) is 1.22. The molecule has 0 saturated carbocycles. The highest BCUT2D eigenvalue weighted by Crippen LogP contribution is 2.04. The third-order valence-corrected chi connectivity index (χ3v) is 2.18. The lowest BCUT2D eigenvalue weighted by molar-refractivity contribution is 0.0214. The number of rotatable bonds is 7. The van der Waals surface area contributed by atoms with Crippen LogP contribution >= 0.6 is 0 Å². The summed E-state index contributed by atoms with van der Waals surface area (Å²) in [5.41, 5.74) is 1.21. The normalized spacial score (nSPS) is 9.78. The molecule has 0 aliphatic carbocycles. The van der Waals surface area contributed by atoms with Gasteiger partial charge in [0.1, 0.15) is 6.61 Å². The molecule has 0 aliphatic rings. The van der Waals surface area contributed by atoms with Crippen molar-refractivity contribution in [3.8, 4) is 12.3 Å². The van der Waals surface area contributed by atoms with E-state index in [1.54, 1.807) is 31.4 Å². The van der Waals surface area contributed by atoms with Crippen molar-refractivity contribution in [2.45, 2.75) is 0 Å². The lowest BCUT2D eigenvalue weighted by atomic mass is 10.1. The molecule has 96 valence electrons. The lowest BCUT2D eigenvalue weighted by Crippen LogP contribution is -2.12. The first-order valence-corrected chi connectivity index (χ1v) is 5.58. The van der Waals surface area contributed by atoms with E-state index in [2.05, 4.69) is 5.92 Å². The van der Waals surface area contributed by atoms with E-state index in [-0.39, 0.29) is 12.6 Å². The Balaban J connectivity index is 2.26. The number of carbonyl (C=O) groups excluding carboxylic acids is 1. The molecule has 0 unspecified atom stereocenters. The molecule has 0 amide bonds. The Morgan fingerprint density at radius 2 is 1.83 bits per heavy atom. The van der Waals surface area contributed by atoms with Crippen LogP contribution < -0.4 is 0 Å². The predicted molar refractivity (Wildman–Crippen MR) is 67.4 cm³/mol. The van der Waals surface area contributed by atoms with Crippen LogP contribution in [0.25, 0.3) is 0 Å². The molecule has 0 fully saturated rings. The first kappa shape index (κ1) is 14.2. The van der Waals surface area contributed by atoms with Gasteiger partial charge in [0.05, 0.1) is 25.4 Å². The van der Waals surface area contributed by atoms with Crippen molar-refractivity contribution in [2.24, 2.45) is 0 Å². The van der Waals surface area contributed by atoms with Crippen molar-refractivity contribution >= 4 is 5.97 Å². The summed E-state index contributed by atoms with van der Waals surface area (Å²) in [6.45, 7) is 1.60. The largest absolute Gasteiger partial charge is 0.460 e. The van der Waals surface area contributed by atoms with Gasteiger partial charge in [0.25, 0.3) is 0 Å². The molecule has 0 aromatic heterocycles. The van der Waals surface area contributed by atoms with Crippen LogP contribution in [0.15, 0.2) is 24.3 Å². The first-order chi connectivity index (χ1) is 8.77. The van der Waals surface area contributed by atoms with Gasteiger partial charge in [0.2, 0.25) is 0 Å². The lowest BCUT2D eigenvalue weighted by Gasteiger charge is -2.05. The fraction of sp³-hybridized carbons (Fsp3) is 0.357. The number of ether oxygens (including phenoxy) is 3. The molecule has 0 N–H and O–H groups in total. The summed E-state index contributed by atoms with van der Waals surface area (Å²) in [7, 11) is 1.60. The van der Waals surface area contributed by atoms with Crippen molar-refractivity contribution in [1.29, 1.82) is 0 Å². The van der Waals surface area contributed by atoms with E-state index in [1.165, 1.54) is 0 Å². The van der Waals surface area contributed by atoms with Crippen LogP contribution in [0.1, 0.15) is 15.9 Å². The molecule has 0 spiro atoms. The van der Waals surface area contributed by atoms with Crippen LogP contribution in [0, 0.1) is 12.3 Å². The van der Waals surface area contributed by atoms with Crippen molar-refractivity contribution in [3.05, 3.63) is 35.4 Å². The highest BCUT2D eigenvalue weighted by molar-refractivity contribution is 5.89. The van der Waals surface area contributed by atoms with Gasteiger partial charge >= 0.3 is 5.97 Å². The van der Waals surface area contributed by atoms with Crippen LogP contribution in [0.4, 0.5) is 0 Å². The minimum absolute atomic E-state index is 0.222. The molecule has 1 rings (SSSR count). The van der Waals surface area contributed by atoms with Crippen LogP contribution in [-0.4, -0.2) is 39.5 Å². The predicted octanol–water partition coefficient (Wildman–Crippen LogP) is 1.49. The minimum atomic E-state index is -0.381. The Hall–Kier alpha value is -1.83. The maximum absolute atomic E-state index is 11.6. The van der Waals surface area contributed by atoms with Gasteiger partial charge in [0.15, 0.2) is 0 Å². The van der Waals surface area contributed by atoms with E-state index >= 15 is 0 Å². The summed E-state index contributed by atoms with van der Waals surface area (Å²) >= 11 is 0. The number of benzene rings is 1. The molecule has 0 saturated heterocycles. The zero-order valence-corrected chi connectivity index (χ0v) is 10.3. The van der Waals surface area contributed by atoms with Gasteiger partial charge in [-0.1, -0.05) is 5.92 Å². The van der Waals surface area contributed by atoms with Crippen molar-refractivity contribution < 1.29 is 19.0 Å². The Bertz CT molecular complexity index is 403. The standard InChI is InChI=1S/C14H16O4/c1-3-12-4-6-13(7-5-12)14(15)18-11-10-17-9-8-16-2/h1,4-7H,8-11H2,2H3. The molecule has 0 radical (unpaired) electrons. The van der Waals surface area contributed by atoms with Crippen molar-refractivity contribution in [2.75, 3.05) is 33.5 Å². The van der Waals surface area contributed by atoms with Crippen LogP contribution in [0.5, 0.6) is 0 Å². The second-order valence-corrected chi connectivity index (χ2v) is 3.46. The third kappa shape index (κ3) is 5.00. The molecular weight excluding hydrogens is 232 g/mol. The second-order valence-electron chi connectivity index (χ2n) is 3.46. The molecular formula is C14H16O4. The second kappa shape index (κ2) is 8.29. The van der Waals surface area contributed by atoms with E-state index in [0.717, 1.165) is 5.56 Å². The molecule has 4 heteroatoms. The zero-order valence-electron chi connectivity index (χ0n) is 10.3. The molecule has 0 bridgehead atoms. The topological polar surface area (TPSA) is 44.8 Å². The number of terminal acetylenes is 1. The molecule has 4 nitrogen and oxygen atoms in total. The van der Waals surface area contributed by atoms with Gasteiger partial charge in [-0.2, -0.15) is 0 Å². The molecule has 1 aromatic carbocycles. The monoisotopic (exact) mass is 248 g/mol. The summed E-state index contributed by atoms with van der Waals surface area (Å²) in [6.07, 6.45) is 5.22. The Morgan fingerprint density at radius 1 is 1.17 bits per heavy atom. The number of hydrogen-bond donors (Lipinski definition) is 0. The summed E-state index contributed by atoms with van der Waals surface area (Å²) in [4.78, 5) is 11.6. The van der Waals surface area contributed by atoms with Crippen LogP contribution in [0.2, 0.25) is 0 Å². The third-order valence-electron chi connectivity index (χ3n) is 2.18. The Morgan fingerprint density at radius 3 is 2.44 bits per heavy atom. The summed E-state index contributed by atoms with van der Waals surface area (Å²) < 4.78 is 15.0. The van der Waals surface area contributed by atoms with E-state index in [9.17, 15) is 4.79 Å². The van der Waals surface area contributed by atoms with Gasteiger partial charge in [0, 0.05) is 12.7 Å². The quantitative estimate of drug-likeness (QED) is 0.416. The van der Waals surface area contributed by atoms with E-state index < -0.39 is 0 Å². The number of carbonyl (C=O) groups is 1. The SMILES string of the molecule is C#Cc1ccc(C(=O)OCCOCCOC)cc1. The van der Waals surface area contributed by atoms with Crippen LogP contribution in [-0.2, 0) is 14.2 Å². The van der Waals surface area contributed by atoms with Crippen LogP contribution in [0.3, 0.4) is 0 Å². The van der Waals surface area contributed by atoms with Gasteiger partial charge in [-0.3, -0.25) is 0 Å². The zero-order chi connectivity index (χ0) is 13.2. The summed E-state index contributed by atoms with van der Waals surface area (Å²) in [5.74, 6) is 2.10. The first-order valence-electron chi connectivity index (χ1n) is 5.58. The van der Waals surface area contributed by atoms with Gasteiger partial charge < -0.3 is 14.2 Å². The average molecular weight is 248 g/mol. The minimum Gasteiger partial charge on any atom is -0.460 e. The highest BCUT2D eigenvalue weighted by Gasteiger charge is 2.05. The van der Waals surface area contributed by atoms with E-state index in [4.69, 9.17) is 20.6 Å². The van der Waals surface area contributed by atoms with E-state index in [1.807, 2.05) is 0 Å². The maximum atomic E-state index is 11.6. The number of hydrogen-bond acceptors (Lipinski definition) is 4. The smallest absolute Gasteiger partial charge is 0.338 e. The molecule has 0 aliphatic heterocycles. The Labute approximate surface area is 107 Å². The molecule has 0 heterocycles. The van der Waals surface area contributed by atoms with Crippen molar-refractivity contribution in [1.82, 2.24) is 0 Å². The van der Waals surface area contributed by atoms with E-state index in [0.29, 0.717) is 25.4 Å².